The average Bonchev–Trinajstić information content (AvgIpc) is 2.66. The number of carbonyl (C=O) groups is 2. The highest BCUT2D eigenvalue weighted by atomic mass is 16.4. The molecule has 0 amide bonds. The highest BCUT2D eigenvalue weighted by Crippen LogP contribution is 2.24. The van der Waals surface area contributed by atoms with E-state index in [9.17, 15) is 9.59 Å². The van der Waals surface area contributed by atoms with Crippen LogP contribution in [0.4, 0.5) is 0 Å². The highest BCUT2D eigenvalue weighted by Gasteiger charge is 2.20. The van der Waals surface area contributed by atoms with Gasteiger partial charge >= 0.3 is 5.97 Å². The number of carboxylic acid groups (broad SMARTS) is 1. The Morgan fingerprint density at radius 3 is 1.88 bits per heavy atom. The lowest BCUT2D eigenvalue weighted by Gasteiger charge is -2.16. The van der Waals surface area contributed by atoms with Gasteiger partial charge in [0.25, 0.3) is 0 Å². The molecule has 1 unspecified atom stereocenters. The molecule has 0 bridgehead atoms. The van der Waals surface area contributed by atoms with E-state index < -0.39 is 5.97 Å². The number of aliphatic carboxylic acids is 1. The third-order valence-corrected chi connectivity index (χ3v) is 4.69. The maximum absolute atomic E-state index is 12.8. The van der Waals surface area contributed by atoms with Crippen LogP contribution in [-0.2, 0) is 16.0 Å². The molecule has 0 aliphatic rings. The largest absolute Gasteiger partial charge is 0.481 e. The Labute approximate surface area is 156 Å². The normalized spacial score (nSPS) is 11.8. The molecule has 0 aromatic heterocycles. The minimum Gasteiger partial charge on any atom is -0.481 e. The monoisotopic (exact) mass is 352 g/mol. The van der Waals surface area contributed by atoms with Gasteiger partial charge in [-0.3, -0.25) is 9.59 Å². The molecular formula is C23H28O3. The summed E-state index contributed by atoms with van der Waals surface area (Å²) in [6, 6.07) is 20.2. The van der Waals surface area contributed by atoms with Crippen LogP contribution in [0.1, 0.15) is 62.0 Å². The van der Waals surface area contributed by atoms with Gasteiger partial charge in [-0.15, -0.1) is 0 Å². The van der Waals surface area contributed by atoms with Crippen molar-refractivity contribution in [2.75, 3.05) is 0 Å². The van der Waals surface area contributed by atoms with Crippen LogP contribution in [0.15, 0.2) is 60.7 Å². The first-order valence-electron chi connectivity index (χ1n) is 9.50. The molecule has 26 heavy (non-hydrogen) atoms. The van der Waals surface area contributed by atoms with Gasteiger partial charge in [0.05, 0.1) is 0 Å². The second-order valence-corrected chi connectivity index (χ2v) is 6.78. The molecule has 1 N–H and O–H groups in total. The fourth-order valence-corrected chi connectivity index (χ4v) is 3.23. The van der Waals surface area contributed by atoms with E-state index in [1.807, 2.05) is 48.5 Å². The number of carboxylic acids is 1. The van der Waals surface area contributed by atoms with Crippen LogP contribution in [0.3, 0.4) is 0 Å². The van der Waals surface area contributed by atoms with Crippen molar-refractivity contribution in [3.63, 3.8) is 0 Å². The molecule has 3 heteroatoms. The zero-order valence-corrected chi connectivity index (χ0v) is 15.3. The van der Waals surface area contributed by atoms with Crippen molar-refractivity contribution in [3.8, 4) is 0 Å². The molecule has 3 nitrogen and oxygen atoms in total. The van der Waals surface area contributed by atoms with Crippen LogP contribution in [0.2, 0.25) is 0 Å². The van der Waals surface area contributed by atoms with E-state index in [-0.39, 0.29) is 12.3 Å². The van der Waals surface area contributed by atoms with E-state index in [0.29, 0.717) is 12.2 Å². The van der Waals surface area contributed by atoms with Crippen molar-refractivity contribution in [1.82, 2.24) is 0 Å². The standard InChI is InChI=1S/C23H28O3/c24-22(16-10-2-1-3-11-17-23(25)26)21(20-14-8-5-9-15-20)18-19-12-6-4-7-13-19/h4-9,12-15,21H,1-3,10-11,16-18H2,(H,25,26). The van der Waals surface area contributed by atoms with Gasteiger partial charge in [0.2, 0.25) is 0 Å². The summed E-state index contributed by atoms with van der Waals surface area (Å²) in [7, 11) is 0. The number of carbonyl (C=O) groups excluding carboxylic acids is 1. The molecule has 2 rings (SSSR count). The van der Waals surface area contributed by atoms with E-state index in [0.717, 1.165) is 44.1 Å². The van der Waals surface area contributed by atoms with Crippen LogP contribution in [0, 0.1) is 0 Å². The molecule has 0 saturated carbocycles. The van der Waals surface area contributed by atoms with Gasteiger partial charge in [0.15, 0.2) is 0 Å². The maximum Gasteiger partial charge on any atom is 0.303 e. The predicted octanol–water partition coefficient (Wildman–Crippen LogP) is 5.40. The first kappa shape index (κ1) is 19.9. The highest BCUT2D eigenvalue weighted by molar-refractivity contribution is 5.86. The topological polar surface area (TPSA) is 54.4 Å². The van der Waals surface area contributed by atoms with Crippen LogP contribution < -0.4 is 0 Å². The summed E-state index contributed by atoms with van der Waals surface area (Å²) < 4.78 is 0. The number of ketones is 1. The summed E-state index contributed by atoms with van der Waals surface area (Å²) in [5.74, 6) is -0.525. The molecule has 2 aromatic carbocycles. The van der Waals surface area contributed by atoms with E-state index in [4.69, 9.17) is 5.11 Å². The van der Waals surface area contributed by atoms with E-state index >= 15 is 0 Å². The quantitative estimate of drug-likeness (QED) is 0.521. The fraction of sp³-hybridized carbons (Fsp3) is 0.391. The van der Waals surface area contributed by atoms with Crippen molar-refractivity contribution >= 4 is 11.8 Å². The minimum atomic E-state index is -0.730. The van der Waals surface area contributed by atoms with Gasteiger partial charge in [0.1, 0.15) is 5.78 Å². The Balaban J connectivity index is 1.85. The van der Waals surface area contributed by atoms with Gasteiger partial charge < -0.3 is 5.11 Å². The lowest BCUT2D eigenvalue weighted by molar-refractivity contribution is -0.137. The van der Waals surface area contributed by atoms with Crippen LogP contribution in [-0.4, -0.2) is 16.9 Å². The molecule has 2 aromatic rings. The van der Waals surface area contributed by atoms with Crippen molar-refractivity contribution < 1.29 is 14.7 Å². The summed E-state index contributed by atoms with van der Waals surface area (Å²) in [5, 5.41) is 8.63. The molecule has 138 valence electrons. The molecule has 0 aliphatic carbocycles. The van der Waals surface area contributed by atoms with Crippen molar-refractivity contribution in [1.29, 1.82) is 0 Å². The van der Waals surface area contributed by atoms with Gasteiger partial charge in [-0.1, -0.05) is 79.9 Å². The number of benzene rings is 2. The smallest absolute Gasteiger partial charge is 0.303 e. The minimum absolute atomic E-state index is 0.0920. The molecule has 0 heterocycles. The third-order valence-electron chi connectivity index (χ3n) is 4.69. The zero-order chi connectivity index (χ0) is 18.6. The molecule has 0 aliphatic heterocycles. The predicted molar refractivity (Wildman–Crippen MR) is 104 cm³/mol. The van der Waals surface area contributed by atoms with Gasteiger partial charge in [-0.05, 0) is 30.4 Å². The third kappa shape index (κ3) is 7.22. The van der Waals surface area contributed by atoms with Gasteiger partial charge in [-0.25, -0.2) is 0 Å². The second kappa shape index (κ2) is 11.2. The van der Waals surface area contributed by atoms with Crippen LogP contribution >= 0.6 is 0 Å². The number of Topliss-reactive ketones (excluding diaryl/α,β-unsaturated/α-hetero) is 1. The second-order valence-electron chi connectivity index (χ2n) is 6.78. The van der Waals surface area contributed by atoms with Crippen molar-refractivity contribution in [3.05, 3.63) is 71.8 Å². The Hall–Kier alpha value is -2.42. The lowest BCUT2D eigenvalue weighted by Crippen LogP contribution is -2.15. The lowest BCUT2D eigenvalue weighted by atomic mass is 9.86. The zero-order valence-electron chi connectivity index (χ0n) is 15.3. The summed E-state index contributed by atoms with van der Waals surface area (Å²) >= 11 is 0. The number of hydrogen-bond donors (Lipinski definition) is 1. The van der Waals surface area contributed by atoms with Crippen molar-refractivity contribution in [2.45, 2.75) is 57.3 Å². The number of rotatable bonds is 12. The summed E-state index contributed by atoms with van der Waals surface area (Å²) in [6.45, 7) is 0. The first-order valence-corrected chi connectivity index (χ1v) is 9.50. The summed E-state index contributed by atoms with van der Waals surface area (Å²) in [5.41, 5.74) is 2.27. The summed E-state index contributed by atoms with van der Waals surface area (Å²) in [4.78, 5) is 23.3. The summed E-state index contributed by atoms with van der Waals surface area (Å²) in [6.07, 6.45) is 6.08. The molecule has 0 spiro atoms. The first-order chi connectivity index (χ1) is 12.7. The molecule has 0 fully saturated rings. The van der Waals surface area contributed by atoms with Gasteiger partial charge in [0, 0.05) is 18.8 Å². The van der Waals surface area contributed by atoms with E-state index in [1.54, 1.807) is 0 Å². The van der Waals surface area contributed by atoms with Crippen LogP contribution in [0.25, 0.3) is 0 Å². The average molecular weight is 352 g/mol. The molecular weight excluding hydrogens is 324 g/mol. The van der Waals surface area contributed by atoms with Crippen molar-refractivity contribution in [2.24, 2.45) is 0 Å². The Bertz CT molecular complexity index is 664. The Morgan fingerprint density at radius 2 is 1.27 bits per heavy atom. The Morgan fingerprint density at radius 1 is 0.731 bits per heavy atom. The number of unbranched alkanes of at least 4 members (excludes halogenated alkanes) is 4. The molecule has 0 radical (unpaired) electrons. The fourth-order valence-electron chi connectivity index (χ4n) is 3.23. The molecule has 1 atom stereocenters. The molecule has 0 saturated heterocycles. The Kier molecular flexibility index (Phi) is 8.61. The van der Waals surface area contributed by atoms with E-state index in [2.05, 4.69) is 12.1 Å². The number of hydrogen-bond acceptors (Lipinski definition) is 2. The van der Waals surface area contributed by atoms with Gasteiger partial charge in [-0.2, -0.15) is 0 Å². The maximum atomic E-state index is 12.8. The SMILES string of the molecule is O=C(O)CCCCCCCC(=O)C(Cc1ccccc1)c1ccccc1. The van der Waals surface area contributed by atoms with E-state index in [1.165, 1.54) is 5.56 Å². The van der Waals surface area contributed by atoms with Crippen LogP contribution in [0.5, 0.6) is 0 Å².